The number of H-pyrrole nitrogens is 1. The normalized spacial score (nSPS) is 11.2. The fraction of sp³-hybridized carbons (Fsp3) is 0.231. The van der Waals surface area contributed by atoms with Crippen LogP contribution in [0.5, 0.6) is 5.75 Å². The van der Waals surface area contributed by atoms with Gasteiger partial charge in [0.1, 0.15) is 18.5 Å². The Morgan fingerprint density at radius 1 is 1.25 bits per heavy atom. The smallest absolute Gasteiger partial charge is 0.350 e. The van der Waals surface area contributed by atoms with Crippen molar-refractivity contribution >= 4 is 17.5 Å². The van der Waals surface area contributed by atoms with Crippen molar-refractivity contribution in [2.24, 2.45) is 5.73 Å². The number of aromatic amines is 1. The molecule has 2 aromatic heterocycles. The summed E-state index contributed by atoms with van der Waals surface area (Å²) in [7, 11) is 0. The zero-order valence-electron chi connectivity index (χ0n) is 21.8. The number of aryl methyl sites for hydroxylation is 1. The van der Waals surface area contributed by atoms with E-state index >= 15 is 4.39 Å². The van der Waals surface area contributed by atoms with Crippen molar-refractivity contribution < 1.29 is 24.1 Å². The van der Waals surface area contributed by atoms with Crippen LogP contribution in [0.1, 0.15) is 42.4 Å². The molecule has 0 saturated heterocycles. The van der Waals surface area contributed by atoms with Crippen molar-refractivity contribution in [1.29, 1.82) is 5.41 Å². The molecule has 14 heteroatoms. The lowest BCUT2D eigenvalue weighted by Crippen LogP contribution is -2.18. The minimum absolute atomic E-state index is 0.0229. The maximum absolute atomic E-state index is 15.7. The number of carbonyl (C=O) groups is 1. The monoisotopic (exact) mass is 552 g/mol. The third-order valence-electron chi connectivity index (χ3n) is 5.35. The molecule has 0 spiro atoms. The third-order valence-corrected chi connectivity index (χ3v) is 5.35. The number of anilines is 1. The number of carboxylic acid groups (broad SMARTS) is 1. The lowest BCUT2D eigenvalue weighted by Gasteiger charge is -2.21. The lowest BCUT2D eigenvalue weighted by molar-refractivity contribution is -0.134. The van der Waals surface area contributed by atoms with E-state index in [0.29, 0.717) is 17.7 Å². The van der Waals surface area contributed by atoms with E-state index in [2.05, 4.69) is 25.4 Å². The standard InChI is InChI=1S/C24H25FN8O3.C2H4O2/c1-2-14-12-17(19(25)18(13-14)36-11-10-34)20(30-16-6-4-15(5-7-16)21(26)27)22-31-24(35)33(32-22)23-28-8-3-9-29-23;1-2(3)4/h3-9,12-13,20,30,34H,2,10-11H2,1H3,(H3,26,27)(H,31,32,35);1H3,(H,3,4). The van der Waals surface area contributed by atoms with Gasteiger partial charge in [-0.25, -0.2) is 19.2 Å². The van der Waals surface area contributed by atoms with E-state index in [-0.39, 0.29) is 42.1 Å². The largest absolute Gasteiger partial charge is 0.488 e. The van der Waals surface area contributed by atoms with Crippen LogP contribution in [0.15, 0.2) is 59.7 Å². The Balaban J connectivity index is 0.00000103. The van der Waals surface area contributed by atoms with Crippen molar-refractivity contribution in [1.82, 2.24) is 24.7 Å². The number of aliphatic hydroxyl groups is 1. The molecule has 0 saturated carbocycles. The van der Waals surface area contributed by atoms with Crippen molar-refractivity contribution in [2.45, 2.75) is 26.3 Å². The molecule has 4 rings (SSSR count). The van der Waals surface area contributed by atoms with E-state index in [1.165, 1.54) is 12.4 Å². The van der Waals surface area contributed by atoms with Gasteiger partial charge in [-0.2, -0.15) is 0 Å². The summed E-state index contributed by atoms with van der Waals surface area (Å²) in [4.78, 5) is 32.5. The number of carboxylic acids is 1. The van der Waals surface area contributed by atoms with Crippen LogP contribution in [0.4, 0.5) is 10.1 Å². The van der Waals surface area contributed by atoms with Crippen LogP contribution in [-0.2, 0) is 11.2 Å². The molecule has 0 aliphatic rings. The molecule has 0 aliphatic heterocycles. The number of nitrogens with two attached hydrogens (primary N) is 1. The molecule has 0 fully saturated rings. The molecule has 13 nitrogen and oxygen atoms in total. The highest BCUT2D eigenvalue weighted by Gasteiger charge is 2.26. The van der Waals surface area contributed by atoms with Crippen LogP contribution >= 0.6 is 0 Å². The quantitative estimate of drug-likeness (QED) is 0.125. The number of nitrogens with one attached hydrogen (secondary N) is 3. The second-order valence-corrected chi connectivity index (χ2v) is 8.29. The number of aliphatic carboxylic acids is 1. The van der Waals surface area contributed by atoms with Crippen molar-refractivity contribution in [3.05, 3.63) is 93.7 Å². The highest BCUT2D eigenvalue weighted by atomic mass is 19.1. The molecule has 1 unspecified atom stereocenters. The topological polar surface area (TPSA) is 205 Å². The minimum Gasteiger partial charge on any atom is -0.488 e. The van der Waals surface area contributed by atoms with Crippen molar-refractivity contribution in [2.75, 3.05) is 18.5 Å². The van der Waals surface area contributed by atoms with Gasteiger partial charge in [-0.1, -0.05) is 13.0 Å². The first kappa shape index (κ1) is 29.4. The van der Waals surface area contributed by atoms with Crippen molar-refractivity contribution in [3.63, 3.8) is 0 Å². The van der Waals surface area contributed by atoms with Crippen LogP contribution in [-0.4, -0.2) is 60.0 Å². The van der Waals surface area contributed by atoms with Gasteiger partial charge in [-0.15, -0.1) is 9.78 Å². The van der Waals surface area contributed by atoms with Gasteiger partial charge in [0.25, 0.3) is 11.9 Å². The fourth-order valence-corrected chi connectivity index (χ4v) is 3.57. The van der Waals surface area contributed by atoms with E-state index in [4.69, 9.17) is 30.9 Å². The molecule has 40 heavy (non-hydrogen) atoms. The molecular formula is C26H29FN8O5. The van der Waals surface area contributed by atoms with E-state index in [1.54, 1.807) is 42.5 Å². The van der Waals surface area contributed by atoms with Gasteiger partial charge in [0.05, 0.1) is 6.61 Å². The van der Waals surface area contributed by atoms with Gasteiger partial charge in [0.2, 0.25) is 0 Å². The Morgan fingerprint density at radius 2 is 1.90 bits per heavy atom. The first-order valence-corrected chi connectivity index (χ1v) is 12.1. The SMILES string of the molecule is CC(=O)O.CCc1cc(OCCO)c(F)c(C(Nc2ccc(C(=N)N)cc2)c2nn(-c3ncccn3)c(=O)[nH]2)c1. The van der Waals surface area contributed by atoms with Crippen LogP contribution in [0.2, 0.25) is 0 Å². The Labute approximate surface area is 228 Å². The Hall–Kier alpha value is -5.11. The minimum atomic E-state index is -0.950. The van der Waals surface area contributed by atoms with Gasteiger partial charge >= 0.3 is 5.69 Å². The molecule has 2 heterocycles. The van der Waals surface area contributed by atoms with E-state index < -0.39 is 23.5 Å². The summed E-state index contributed by atoms with van der Waals surface area (Å²) in [6.45, 7) is 2.65. The predicted octanol–water partition coefficient (Wildman–Crippen LogP) is 2.00. The molecule has 2 aromatic carbocycles. The number of hydrogen-bond acceptors (Lipinski definition) is 9. The third kappa shape index (κ3) is 7.48. The Bertz CT molecular complexity index is 1500. The summed E-state index contributed by atoms with van der Waals surface area (Å²) < 4.78 is 22.1. The van der Waals surface area contributed by atoms with Gasteiger partial charge in [-0.3, -0.25) is 15.2 Å². The zero-order valence-corrected chi connectivity index (χ0v) is 21.8. The molecule has 1 atom stereocenters. The molecule has 210 valence electrons. The van der Waals surface area contributed by atoms with Crippen LogP contribution in [0.3, 0.4) is 0 Å². The zero-order chi connectivity index (χ0) is 29.2. The van der Waals surface area contributed by atoms with Gasteiger partial charge in [0.15, 0.2) is 17.4 Å². The van der Waals surface area contributed by atoms with Crippen molar-refractivity contribution in [3.8, 4) is 11.7 Å². The average molecular weight is 553 g/mol. The number of aromatic nitrogens is 5. The summed E-state index contributed by atoms with van der Waals surface area (Å²) in [6.07, 6.45) is 3.54. The second-order valence-electron chi connectivity index (χ2n) is 8.29. The number of aliphatic hydroxyl groups excluding tert-OH is 1. The summed E-state index contributed by atoms with van der Waals surface area (Å²) in [6, 6.07) is 10.6. The fourth-order valence-electron chi connectivity index (χ4n) is 3.57. The molecule has 0 radical (unpaired) electrons. The molecule has 0 bridgehead atoms. The number of ether oxygens (including phenoxy) is 1. The summed E-state index contributed by atoms with van der Waals surface area (Å²) >= 11 is 0. The van der Waals surface area contributed by atoms with Crippen LogP contribution < -0.4 is 21.5 Å². The molecule has 4 aromatic rings. The predicted molar refractivity (Wildman–Crippen MR) is 144 cm³/mol. The number of nitrogen functional groups attached to an aromatic ring is 1. The number of benzene rings is 2. The Morgan fingerprint density at radius 3 is 2.48 bits per heavy atom. The van der Waals surface area contributed by atoms with Gasteiger partial charge in [0, 0.05) is 36.1 Å². The number of amidine groups is 1. The average Bonchev–Trinajstić information content (AvgIpc) is 3.33. The number of hydrogen-bond donors (Lipinski definition) is 6. The summed E-state index contributed by atoms with van der Waals surface area (Å²) in [5.74, 6) is -1.43. The highest BCUT2D eigenvalue weighted by Crippen LogP contribution is 2.32. The Kier molecular flexibility index (Phi) is 10.0. The first-order valence-electron chi connectivity index (χ1n) is 12.1. The number of nitrogens with zero attached hydrogens (tertiary/aromatic N) is 4. The maximum Gasteiger partial charge on any atom is 0.350 e. The number of halogens is 1. The van der Waals surface area contributed by atoms with E-state index in [9.17, 15) is 4.79 Å². The lowest BCUT2D eigenvalue weighted by atomic mass is 10.00. The maximum atomic E-state index is 15.7. The molecular weight excluding hydrogens is 523 g/mol. The molecule has 7 N–H and O–H groups in total. The summed E-state index contributed by atoms with van der Waals surface area (Å²) in [5.41, 5.74) is 6.99. The highest BCUT2D eigenvalue weighted by molar-refractivity contribution is 5.95. The van der Waals surface area contributed by atoms with Crippen LogP contribution in [0.25, 0.3) is 5.95 Å². The van der Waals surface area contributed by atoms with Crippen LogP contribution in [0, 0.1) is 11.2 Å². The first-order chi connectivity index (χ1) is 19.1. The van der Waals surface area contributed by atoms with Gasteiger partial charge < -0.3 is 26.0 Å². The van der Waals surface area contributed by atoms with E-state index in [1.807, 2.05) is 6.92 Å². The number of rotatable bonds is 10. The molecule has 0 amide bonds. The second kappa shape index (κ2) is 13.6. The molecule has 0 aliphatic carbocycles. The van der Waals surface area contributed by atoms with E-state index in [0.717, 1.165) is 17.2 Å². The summed E-state index contributed by atoms with van der Waals surface area (Å²) in [5, 5.41) is 31.7. The van der Waals surface area contributed by atoms with Gasteiger partial charge in [-0.05, 0) is 48.4 Å².